The van der Waals surface area contributed by atoms with Crippen LogP contribution in [0, 0.1) is 18.8 Å². The van der Waals surface area contributed by atoms with Crippen molar-refractivity contribution in [1.29, 1.82) is 0 Å². The van der Waals surface area contributed by atoms with Gasteiger partial charge in [-0.15, -0.1) is 0 Å². The number of hydrogen-bond donors (Lipinski definition) is 0. The first-order valence-electron chi connectivity index (χ1n) is 17.0. The molecule has 0 N–H and O–H groups in total. The van der Waals surface area contributed by atoms with Gasteiger partial charge in [0.25, 0.3) is 0 Å². The number of rotatable bonds is 19. The van der Waals surface area contributed by atoms with Crippen LogP contribution in [0.2, 0.25) is 0 Å². The molecule has 2 rings (SSSR count). The number of hydrogen-bond acceptors (Lipinski definition) is 4. The van der Waals surface area contributed by atoms with Gasteiger partial charge in [-0.25, -0.2) is 0 Å². The Morgan fingerprint density at radius 1 is 0.675 bits per heavy atom. The summed E-state index contributed by atoms with van der Waals surface area (Å²) in [5, 5.41) is 0. The van der Waals surface area contributed by atoms with Gasteiger partial charge in [-0.05, 0) is 68.4 Å². The first-order valence-corrected chi connectivity index (χ1v) is 15.0. The van der Waals surface area contributed by atoms with Gasteiger partial charge in [0, 0.05) is 16.7 Å². The van der Waals surface area contributed by atoms with E-state index in [1.54, 1.807) is 32.2 Å². The van der Waals surface area contributed by atoms with Crippen molar-refractivity contribution < 1.29 is 24.4 Å². The lowest BCUT2D eigenvalue weighted by Crippen LogP contribution is -2.12. The second-order valence-electron chi connectivity index (χ2n) is 10.4. The summed E-state index contributed by atoms with van der Waals surface area (Å²) in [6.45, 7) is 13.2. The summed E-state index contributed by atoms with van der Waals surface area (Å²) >= 11 is 0. The van der Waals surface area contributed by atoms with Crippen LogP contribution in [0.3, 0.4) is 0 Å². The van der Waals surface area contributed by atoms with Crippen LogP contribution in [0.1, 0.15) is 114 Å². The molecule has 0 fully saturated rings. The fourth-order valence-corrected chi connectivity index (χ4v) is 4.62. The van der Waals surface area contributed by atoms with Crippen molar-refractivity contribution in [3.63, 3.8) is 0 Å². The summed E-state index contributed by atoms with van der Waals surface area (Å²) in [6, 6.07) is 7.00. The number of allylic oxidation sites excluding steroid dienone is 1. The van der Waals surface area contributed by atoms with Crippen LogP contribution in [0.5, 0.6) is 23.0 Å². The highest BCUT2D eigenvalue weighted by Gasteiger charge is 2.14. The number of methoxy groups -OCH3 is 2. The van der Waals surface area contributed by atoms with Gasteiger partial charge >= 0.3 is 0 Å². The minimum atomic E-state index is -0.0665. The van der Waals surface area contributed by atoms with Crippen LogP contribution in [0.15, 0.2) is 30.3 Å². The molecule has 40 heavy (non-hydrogen) atoms. The van der Waals surface area contributed by atoms with Crippen molar-refractivity contribution in [3.05, 3.63) is 52.6 Å². The van der Waals surface area contributed by atoms with Crippen molar-refractivity contribution >= 4 is 18.2 Å². The van der Waals surface area contributed by atoms with Crippen LogP contribution >= 0.6 is 0 Å². The van der Waals surface area contributed by atoms with Gasteiger partial charge in [0.05, 0.1) is 32.9 Å². The second-order valence-corrected chi connectivity index (χ2v) is 10.4. The molecule has 0 aliphatic carbocycles. The summed E-state index contributed by atoms with van der Waals surface area (Å²) < 4.78 is 59.0. The van der Waals surface area contributed by atoms with E-state index in [1.165, 1.54) is 7.11 Å². The Bertz CT molecular complexity index is 1270. The van der Waals surface area contributed by atoms with Gasteiger partial charge in [-0.1, -0.05) is 90.4 Å². The molecule has 2 unspecified atom stereocenters. The Morgan fingerprint density at radius 2 is 1.12 bits per heavy atom. The molecule has 0 spiro atoms. The van der Waals surface area contributed by atoms with Gasteiger partial charge in [-0.2, -0.15) is 0 Å². The highest BCUT2D eigenvalue weighted by Crippen LogP contribution is 2.35. The Balaban J connectivity index is 2.67. The number of ether oxygens (including phenoxy) is 4. The van der Waals surface area contributed by atoms with Gasteiger partial charge in [0.1, 0.15) is 23.0 Å². The lowest BCUT2D eigenvalue weighted by molar-refractivity contribution is 0.232. The number of aryl methyl sites for hydroxylation is 1. The predicted molar refractivity (Wildman–Crippen MR) is 172 cm³/mol. The average molecular weight is 555 g/mol. The van der Waals surface area contributed by atoms with Crippen LogP contribution in [-0.4, -0.2) is 27.4 Å². The Hall–Kier alpha value is -2.88. The largest absolute Gasteiger partial charge is 0.496 e. The molecule has 0 bridgehead atoms. The van der Waals surface area contributed by atoms with E-state index in [0.717, 1.165) is 56.9 Å². The molecule has 2 aromatic rings. The maximum absolute atomic E-state index is 9.19. The minimum absolute atomic E-state index is 0.0283. The monoisotopic (exact) mass is 554 g/mol. The van der Waals surface area contributed by atoms with E-state index in [0.29, 0.717) is 64.7 Å². The zero-order valence-corrected chi connectivity index (χ0v) is 26.2. The molecule has 222 valence electrons. The van der Waals surface area contributed by atoms with E-state index >= 15 is 0 Å². The van der Waals surface area contributed by atoms with E-state index in [1.807, 2.05) is 13.0 Å². The average Bonchev–Trinajstić information content (AvgIpc) is 3.03. The maximum Gasteiger partial charge on any atom is 0.127 e. The fraction of sp³-hybridized carbons (Fsp3) is 0.556. The molecule has 2 aromatic carbocycles. The van der Waals surface area contributed by atoms with Gasteiger partial charge in [-0.3, -0.25) is 0 Å². The smallest absolute Gasteiger partial charge is 0.127 e. The van der Waals surface area contributed by atoms with E-state index in [2.05, 4.69) is 27.7 Å². The highest BCUT2D eigenvalue weighted by molar-refractivity contribution is 5.78. The molecule has 0 radical (unpaired) electrons. The Labute approximate surface area is 250 Å². The molecule has 0 amide bonds. The Morgan fingerprint density at radius 3 is 1.60 bits per heavy atom. The molecule has 4 nitrogen and oxygen atoms in total. The van der Waals surface area contributed by atoms with Crippen molar-refractivity contribution in [2.24, 2.45) is 11.8 Å². The minimum Gasteiger partial charge on any atom is -0.496 e. The summed E-state index contributed by atoms with van der Waals surface area (Å²) in [7, 11) is 3.10. The molecule has 0 aromatic heterocycles. The van der Waals surface area contributed by atoms with Gasteiger partial charge in [0.2, 0.25) is 0 Å². The van der Waals surface area contributed by atoms with Crippen LogP contribution in [-0.2, 0) is 0 Å². The molecule has 0 saturated carbocycles. The molecule has 0 saturated heterocycles. The third-order valence-electron chi connectivity index (χ3n) is 7.43. The first kappa shape index (κ1) is 27.3. The van der Waals surface area contributed by atoms with Gasteiger partial charge < -0.3 is 18.9 Å². The molecular formula is C36H54O4. The quantitative estimate of drug-likeness (QED) is 0.162. The molecule has 0 aliphatic rings. The first-order chi connectivity index (χ1) is 21.1. The Kier molecular flexibility index (Phi) is 12.6. The van der Waals surface area contributed by atoms with Gasteiger partial charge in [0.15, 0.2) is 0 Å². The lowest BCUT2D eigenvalue weighted by Gasteiger charge is -2.19. The topological polar surface area (TPSA) is 36.9 Å². The molecule has 0 heterocycles. The summed E-state index contributed by atoms with van der Waals surface area (Å²) in [6.07, 6.45) is 8.60. The third kappa shape index (κ3) is 10.3. The summed E-state index contributed by atoms with van der Waals surface area (Å²) in [5.41, 5.74) is 2.15. The maximum atomic E-state index is 9.19. The zero-order chi connectivity index (χ0) is 32.8. The zero-order valence-electron chi connectivity index (χ0n) is 30.2. The summed E-state index contributed by atoms with van der Waals surface area (Å²) in [5.74, 6) is 2.65. The third-order valence-corrected chi connectivity index (χ3v) is 7.43. The molecule has 2 atom stereocenters. The molecule has 4 heteroatoms. The van der Waals surface area contributed by atoms with E-state index in [9.17, 15) is 2.74 Å². The summed E-state index contributed by atoms with van der Waals surface area (Å²) in [4.78, 5) is 0. The SMILES string of the molecule is [2H]/C(C)=C(/[2H])c1cc(OC)c(/C([2H])=C(\[2H])c2cc(OC)c(C)cc2OCC(CC)CCCC)cc1OCC(CC)CCCC. The molecular weight excluding hydrogens is 496 g/mol. The highest BCUT2D eigenvalue weighted by atomic mass is 16.5. The van der Waals surface area contributed by atoms with E-state index in [-0.39, 0.29) is 24.2 Å². The van der Waals surface area contributed by atoms with E-state index in [4.69, 9.17) is 21.7 Å². The van der Waals surface area contributed by atoms with E-state index < -0.39 is 0 Å². The van der Waals surface area contributed by atoms with Crippen molar-refractivity contribution in [1.82, 2.24) is 0 Å². The normalized spacial score (nSPS) is 15.5. The standard InChI is InChI=1S/C36H54O4/c1-9-14-17-28(12-4)25-39-35-21-27(6)33(37-7)22-32(35)20-19-31-24-36(30(16-11-3)23-34(31)38-8)40-26-29(13-5)18-15-10-2/h11,16,19-24,28-29H,9-10,12-15,17-18,25-26H2,1-8H3/b16-11+,20-19+/i11D,16D,19D,20D. The fourth-order valence-electron chi connectivity index (χ4n) is 4.62. The predicted octanol–water partition coefficient (Wildman–Crippen LogP) is 10.4. The lowest BCUT2D eigenvalue weighted by atomic mass is 10.00. The van der Waals surface area contributed by atoms with Crippen molar-refractivity contribution in [3.8, 4) is 23.0 Å². The second kappa shape index (κ2) is 18.5. The van der Waals surface area contributed by atoms with Crippen molar-refractivity contribution in [2.45, 2.75) is 92.9 Å². The number of benzene rings is 2. The van der Waals surface area contributed by atoms with Crippen molar-refractivity contribution in [2.75, 3.05) is 27.4 Å². The number of unbranched alkanes of at least 4 members (excludes halogenated alkanes) is 2. The van der Waals surface area contributed by atoms with Crippen LogP contribution in [0.25, 0.3) is 18.2 Å². The molecule has 0 aliphatic heterocycles. The van der Waals surface area contributed by atoms with Crippen LogP contribution < -0.4 is 18.9 Å². The van der Waals surface area contributed by atoms with Crippen LogP contribution in [0.4, 0.5) is 0 Å².